The number of aromatic hydroxyl groups is 1. The third-order valence-electron chi connectivity index (χ3n) is 4.89. The van der Waals surface area contributed by atoms with Gasteiger partial charge in [-0.1, -0.05) is 0 Å². The van der Waals surface area contributed by atoms with Gasteiger partial charge in [0.15, 0.2) is 11.5 Å². The van der Waals surface area contributed by atoms with E-state index in [4.69, 9.17) is 14.2 Å². The van der Waals surface area contributed by atoms with Crippen LogP contribution in [0.25, 0.3) is 0 Å². The number of ether oxygens (including phenoxy) is 3. The van der Waals surface area contributed by atoms with Gasteiger partial charge < -0.3 is 19.3 Å². The number of amides is 1. The van der Waals surface area contributed by atoms with Gasteiger partial charge in [-0.05, 0) is 17.7 Å². The second-order valence-corrected chi connectivity index (χ2v) is 6.61. The van der Waals surface area contributed by atoms with Crippen molar-refractivity contribution in [3.8, 4) is 23.1 Å². The van der Waals surface area contributed by atoms with E-state index in [-0.39, 0.29) is 23.6 Å². The third kappa shape index (κ3) is 3.38. The highest BCUT2D eigenvalue weighted by atomic mass is 16.5. The molecule has 1 aliphatic rings. The molecule has 1 aliphatic heterocycles. The first-order valence-electron chi connectivity index (χ1n) is 8.93. The minimum Gasteiger partial charge on any atom is -0.494 e. The number of benzene rings is 1. The zero-order valence-electron chi connectivity index (χ0n) is 17.2. The van der Waals surface area contributed by atoms with Gasteiger partial charge in [-0.15, -0.1) is 0 Å². The number of hydrogen-bond donors (Lipinski definition) is 2. The Bertz CT molecular complexity index is 1120. The first kappa shape index (κ1) is 21.0. The van der Waals surface area contributed by atoms with Crippen LogP contribution >= 0.6 is 0 Å². The van der Waals surface area contributed by atoms with E-state index in [0.29, 0.717) is 22.8 Å². The molecule has 0 bridgehead atoms. The smallest absolute Gasteiger partial charge is 0.330 e. The zero-order valence-corrected chi connectivity index (χ0v) is 17.2. The zero-order chi connectivity index (χ0) is 22.2. The third-order valence-corrected chi connectivity index (χ3v) is 4.89. The van der Waals surface area contributed by atoms with Crippen LogP contribution in [0.3, 0.4) is 0 Å². The summed E-state index contributed by atoms with van der Waals surface area (Å²) in [5.74, 6) is 0.281. The second-order valence-electron chi connectivity index (χ2n) is 6.61. The number of nitrogens with one attached hydrogen (secondary N) is 1. The molecule has 2 heterocycles. The summed E-state index contributed by atoms with van der Waals surface area (Å²) in [5, 5.41) is 15.8. The quantitative estimate of drug-likeness (QED) is 0.722. The van der Waals surface area contributed by atoms with E-state index in [1.807, 2.05) is 0 Å². The number of aromatic nitrogens is 2. The number of methoxy groups -OCH3 is 3. The molecule has 2 aromatic rings. The highest BCUT2D eigenvalue weighted by Crippen LogP contribution is 2.43. The number of aromatic amines is 1. The highest BCUT2D eigenvalue weighted by molar-refractivity contribution is 6.04. The summed E-state index contributed by atoms with van der Waals surface area (Å²) in [7, 11) is 5.74. The summed E-state index contributed by atoms with van der Waals surface area (Å²) in [6.45, 7) is 1.34. The Morgan fingerprint density at radius 3 is 2.27 bits per heavy atom. The van der Waals surface area contributed by atoms with Crippen molar-refractivity contribution >= 4 is 11.6 Å². The van der Waals surface area contributed by atoms with Crippen LogP contribution in [0.5, 0.6) is 23.1 Å². The van der Waals surface area contributed by atoms with Gasteiger partial charge in [-0.25, -0.2) is 9.80 Å². The Morgan fingerprint density at radius 1 is 1.17 bits per heavy atom. The van der Waals surface area contributed by atoms with Gasteiger partial charge in [-0.3, -0.25) is 19.1 Å². The van der Waals surface area contributed by atoms with Crippen molar-refractivity contribution in [2.75, 3.05) is 21.3 Å². The van der Waals surface area contributed by atoms with Crippen LogP contribution in [0, 0.1) is 0 Å². The van der Waals surface area contributed by atoms with Crippen molar-refractivity contribution in [1.82, 2.24) is 14.6 Å². The molecule has 0 fully saturated rings. The number of carbonyl (C=O) groups excluding carboxylic acids is 1. The average molecular weight is 418 g/mol. The number of hydrogen-bond acceptors (Lipinski definition) is 8. The molecule has 1 unspecified atom stereocenters. The number of nitrogens with zero attached hydrogens (tertiary/aromatic N) is 3. The second kappa shape index (κ2) is 7.93. The molecule has 160 valence electrons. The summed E-state index contributed by atoms with van der Waals surface area (Å²) < 4.78 is 17.0. The SMILES string of the molecule is COc1cc(C2CC(c3c(O)n(C)c(=O)[nH]c3=O)=NN2C(C)=O)cc(OC)c1OC. The van der Waals surface area contributed by atoms with Crippen LogP contribution in [0.1, 0.15) is 30.5 Å². The van der Waals surface area contributed by atoms with Gasteiger partial charge >= 0.3 is 5.69 Å². The molecule has 1 aromatic carbocycles. The van der Waals surface area contributed by atoms with Crippen molar-refractivity contribution in [1.29, 1.82) is 0 Å². The van der Waals surface area contributed by atoms with Crippen molar-refractivity contribution in [3.05, 3.63) is 44.1 Å². The van der Waals surface area contributed by atoms with Crippen LogP contribution in [0.2, 0.25) is 0 Å². The summed E-state index contributed by atoms with van der Waals surface area (Å²) in [6, 6.07) is 2.78. The fourth-order valence-electron chi connectivity index (χ4n) is 3.37. The lowest BCUT2D eigenvalue weighted by Gasteiger charge is -2.22. The summed E-state index contributed by atoms with van der Waals surface area (Å²) in [5.41, 5.74) is -0.927. The fraction of sp³-hybridized carbons (Fsp3) is 0.368. The van der Waals surface area contributed by atoms with Crippen LogP contribution in [-0.4, -0.2) is 52.6 Å². The van der Waals surface area contributed by atoms with Gasteiger partial charge in [0.2, 0.25) is 17.5 Å². The van der Waals surface area contributed by atoms with Crippen LogP contribution in [0.15, 0.2) is 26.8 Å². The van der Waals surface area contributed by atoms with Gasteiger partial charge in [0.25, 0.3) is 5.56 Å². The maximum Gasteiger partial charge on any atom is 0.330 e. The van der Waals surface area contributed by atoms with Gasteiger partial charge in [0.05, 0.1) is 33.1 Å². The molecular weight excluding hydrogens is 396 g/mol. The maximum absolute atomic E-state index is 12.3. The van der Waals surface area contributed by atoms with E-state index in [1.54, 1.807) is 12.1 Å². The van der Waals surface area contributed by atoms with Crippen molar-refractivity contribution in [3.63, 3.8) is 0 Å². The van der Waals surface area contributed by atoms with Crippen LogP contribution in [0.4, 0.5) is 0 Å². The van der Waals surface area contributed by atoms with Gasteiger partial charge in [0.1, 0.15) is 5.56 Å². The summed E-state index contributed by atoms with van der Waals surface area (Å²) in [4.78, 5) is 38.4. The van der Waals surface area contributed by atoms with Crippen LogP contribution in [-0.2, 0) is 11.8 Å². The first-order chi connectivity index (χ1) is 14.2. The maximum atomic E-state index is 12.3. The minimum absolute atomic E-state index is 0.118. The molecule has 0 spiro atoms. The average Bonchev–Trinajstić information content (AvgIpc) is 3.16. The number of hydrazone groups is 1. The molecule has 1 aromatic heterocycles. The Kier molecular flexibility index (Phi) is 5.54. The van der Waals surface area contributed by atoms with Crippen molar-refractivity contribution in [2.45, 2.75) is 19.4 Å². The molecule has 0 saturated carbocycles. The van der Waals surface area contributed by atoms with Crippen molar-refractivity contribution in [2.24, 2.45) is 12.1 Å². The van der Waals surface area contributed by atoms with E-state index in [0.717, 1.165) is 4.57 Å². The molecule has 11 heteroatoms. The summed E-state index contributed by atoms with van der Waals surface area (Å²) >= 11 is 0. The Hall–Kier alpha value is -3.76. The number of H-pyrrole nitrogens is 1. The lowest BCUT2D eigenvalue weighted by Crippen LogP contribution is -2.32. The molecule has 11 nitrogen and oxygen atoms in total. The number of carbonyl (C=O) groups is 1. The molecular formula is C19H22N4O7. The molecule has 2 N–H and O–H groups in total. The minimum atomic E-state index is -0.789. The van der Waals surface area contributed by atoms with Gasteiger partial charge in [0, 0.05) is 20.4 Å². The fourth-order valence-corrected chi connectivity index (χ4v) is 3.37. The summed E-state index contributed by atoms with van der Waals surface area (Å²) in [6.07, 6.45) is 0.118. The molecule has 0 radical (unpaired) electrons. The largest absolute Gasteiger partial charge is 0.494 e. The van der Waals surface area contributed by atoms with E-state index in [1.165, 1.54) is 40.3 Å². The lowest BCUT2D eigenvalue weighted by molar-refractivity contribution is -0.130. The highest BCUT2D eigenvalue weighted by Gasteiger charge is 2.35. The Labute approximate surface area is 171 Å². The first-order valence-corrected chi connectivity index (χ1v) is 8.93. The Balaban J connectivity index is 2.13. The predicted molar refractivity (Wildman–Crippen MR) is 106 cm³/mol. The van der Waals surface area contributed by atoms with Crippen LogP contribution < -0.4 is 25.5 Å². The molecule has 0 saturated heterocycles. The lowest BCUT2D eigenvalue weighted by atomic mass is 9.98. The van der Waals surface area contributed by atoms with E-state index in [9.17, 15) is 19.5 Å². The van der Waals surface area contributed by atoms with E-state index < -0.39 is 23.2 Å². The topological polar surface area (TPSA) is 135 Å². The molecule has 3 rings (SSSR count). The molecule has 0 aliphatic carbocycles. The number of rotatable bonds is 5. The monoisotopic (exact) mass is 418 g/mol. The molecule has 30 heavy (non-hydrogen) atoms. The van der Waals surface area contributed by atoms with Crippen molar-refractivity contribution < 1.29 is 24.1 Å². The predicted octanol–water partition coefficient (Wildman–Crippen LogP) is 0.503. The Morgan fingerprint density at radius 2 is 1.77 bits per heavy atom. The van der Waals surface area contributed by atoms with Gasteiger partial charge in [-0.2, -0.15) is 5.10 Å². The molecule has 1 atom stereocenters. The molecule has 1 amide bonds. The van der Waals surface area contributed by atoms with E-state index >= 15 is 0 Å². The van der Waals surface area contributed by atoms with E-state index in [2.05, 4.69) is 10.1 Å². The standard InChI is InChI=1S/C19H22N4O7/c1-9(24)23-12(10-6-13(28-3)16(30-5)14(7-10)29-4)8-11(21-23)15-17(25)20-19(27)22(2)18(15)26/h6-7,12,26H,8H2,1-5H3,(H,20,25,27). The normalized spacial score (nSPS) is 15.7.